The topological polar surface area (TPSA) is 81.6 Å². The Morgan fingerprint density at radius 1 is 1.20 bits per heavy atom. The molecule has 1 saturated heterocycles. The summed E-state index contributed by atoms with van der Waals surface area (Å²) >= 11 is 1.37. The van der Waals surface area contributed by atoms with E-state index in [1.807, 2.05) is 6.92 Å². The van der Waals surface area contributed by atoms with Gasteiger partial charge in [0.15, 0.2) is 5.96 Å². The zero-order valence-corrected chi connectivity index (χ0v) is 20.7. The Bertz CT molecular complexity index is 805. The number of guanidine groups is 1. The van der Waals surface area contributed by atoms with E-state index in [0.29, 0.717) is 24.0 Å². The van der Waals surface area contributed by atoms with Crippen LogP contribution in [0.5, 0.6) is 0 Å². The number of hydrogen-bond donors (Lipinski definition) is 3. The molecular formula is C21H31IN6OS. The molecule has 1 fully saturated rings. The molecule has 7 nitrogen and oxygen atoms in total. The lowest BCUT2D eigenvalue weighted by atomic mass is 10.0. The van der Waals surface area contributed by atoms with Gasteiger partial charge in [0.2, 0.25) is 0 Å². The first-order valence-electron chi connectivity index (χ1n) is 10.1. The summed E-state index contributed by atoms with van der Waals surface area (Å²) in [7, 11) is 1.78. The van der Waals surface area contributed by atoms with E-state index in [0.717, 1.165) is 44.1 Å². The van der Waals surface area contributed by atoms with Gasteiger partial charge in [-0.15, -0.1) is 35.3 Å². The molecule has 30 heavy (non-hydrogen) atoms. The number of carbonyl (C=O) groups excluding carboxylic acids is 1. The first-order valence-corrected chi connectivity index (χ1v) is 11.0. The van der Waals surface area contributed by atoms with Crippen molar-refractivity contribution >= 4 is 47.2 Å². The summed E-state index contributed by atoms with van der Waals surface area (Å²) in [6.07, 6.45) is 2.18. The number of hydrogen-bond acceptors (Lipinski definition) is 5. The molecule has 2 heterocycles. The van der Waals surface area contributed by atoms with E-state index in [1.54, 1.807) is 12.6 Å². The summed E-state index contributed by atoms with van der Waals surface area (Å²) in [5, 5.41) is 9.71. The Kier molecular flexibility index (Phi) is 10.5. The molecule has 9 heteroatoms. The number of piperidine rings is 1. The number of thiazole rings is 1. The molecule has 0 saturated carbocycles. The summed E-state index contributed by atoms with van der Waals surface area (Å²) < 4.78 is 0. The van der Waals surface area contributed by atoms with E-state index in [4.69, 9.17) is 0 Å². The number of nitrogens with zero attached hydrogens (tertiary/aromatic N) is 3. The minimum absolute atomic E-state index is 0. The van der Waals surface area contributed by atoms with Gasteiger partial charge in [0.05, 0.1) is 11.2 Å². The number of halogens is 1. The second kappa shape index (κ2) is 12.9. The Morgan fingerprint density at radius 2 is 1.90 bits per heavy atom. The molecule has 0 unspecified atom stereocenters. The van der Waals surface area contributed by atoms with Crippen molar-refractivity contribution in [1.29, 1.82) is 0 Å². The lowest BCUT2D eigenvalue weighted by Gasteiger charge is -2.33. The van der Waals surface area contributed by atoms with E-state index in [9.17, 15) is 4.79 Å². The van der Waals surface area contributed by atoms with Crippen molar-refractivity contribution in [2.75, 3.05) is 33.2 Å². The number of nitrogens with one attached hydrogen (secondary N) is 3. The van der Waals surface area contributed by atoms with Crippen molar-refractivity contribution in [3.05, 3.63) is 52.0 Å². The second-order valence-corrected chi connectivity index (χ2v) is 8.06. The second-order valence-electron chi connectivity index (χ2n) is 7.20. The number of aliphatic imine (C=N–C) groups is 1. The Balaban J connectivity index is 0.00000320. The molecule has 1 amide bonds. The first-order chi connectivity index (χ1) is 14.2. The molecule has 3 rings (SSSR count). The highest BCUT2D eigenvalue weighted by molar-refractivity contribution is 14.0. The molecule has 1 aromatic heterocycles. The van der Waals surface area contributed by atoms with Crippen LogP contribution in [0.2, 0.25) is 0 Å². The maximum atomic E-state index is 12.1. The standard InChI is InChI=1S/C21H30N6OS.HI/c1-16-19(29-15-25-16)20(28)23-10-11-24-21(22-2)26-18-8-12-27(13-9-18)14-17-6-4-3-5-7-17;/h3-7,15,18H,8-14H2,1-2H3,(H,23,28)(H2,22,24,26);1H. The fourth-order valence-corrected chi connectivity index (χ4v) is 4.14. The maximum absolute atomic E-state index is 12.1. The van der Waals surface area contributed by atoms with Gasteiger partial charge in [-0.3, -0.25) is 14.7 Å². The van der Waals surface area contributed by atoms with Crippen LogP contribution in [0, 0.1) is 6.92 Å². The highest BCUT2D eigenvalue weighted by Crippen LogP contribution is 2.14. The van der Waals surface area contributed by atoms with Gasteiger partial charge >= 0.3 is 0 Å². The number of likely N-dealkylation sites (tertiary alicyclic amines) is 1. The normalized spacial score (nSPS) is 15.3. The number of benzene rings is 1. The van der Waals surface area contributed by atoms with Gasteiger partial charge < -0.3 is 16.0 Å². The Hall–Kier alpha value is -1.72. The fourth-order valence-electron chi connectivity index (χ4n) is 3.42. The molecule has 0 spiro atoms. The van der Waals surface area contributed by atoms with Crippen molar-refractivity contribution in [3.8, 4) is 0 Å². The van der Waals surface area contributed by atoms with Crippen LogP contribution in [0.3, 0.4) is 0 Å². The fraction of sp³-hybridized carbons (Fsp3) is 0.476. The van der Waals surface area contributed by atoms with E-state index in [-0.39, 0.29) is 29.9 Å². The van der Waals surface area contributed by atoms with Gasteiger partial charge in [-0.25, -0.2) is 4.98 Å². The van der Waals surface area contributed by atoms with Crippen LogP contribution in [-0.2, 0) is 6.54 Å². The third-order valence-corrected chi connectivity index (χ3v) is 5.98. The average Bonchev–Trinajstić information content (AvgIpc) is 3.18. The highest BCUT2D eigenvalue weighted by atomic mass is 127. The van der Waals surface area contributed by atoms with Gasteiger partial charge in [0, 0.05) is 45.8 Å². The van der Waals surface area contributed by atoms with Crippen molar-refractivity contribution in [1.82, 2.24) is 25.8 Å². The van der Waals surface area contributed by atoms with Gasteiger partial charge in [-0.05, 0) is 25.3 Å². The van der Waals surface area contributed by atoms with E-state index >= 15 is 0 Å². The summed E-state index contributed by atoms with van der Waals surface area (Å²) in [6, 6.07) is 11.0. The maximum Gasteiger partial charge on any atom is 0.263 e. The number of amides is 1. The van der Waals surface area contributed by atoms with E-state index < -0.39 is 0 Å². The van der Waals surface area contributed by atoms with Crippen molar-refractivity contribution in [3.63, 3.8) is 0 Å². The number of carbonyl (C=O) groups is 1. The Morgan fingerprint density at radius 3 is 2.53 bits per heavy atom. The zero-order chi connectivity index (χ0) is 20.5. The number of aryl methyl sites for hydroxylation is 1. The van der Waals surface area contributed by atoms with Crippen LogP contribution in [0.4, 0.5) is 0 Å². The zero-order valence-electron chi connectivity index (χ0n) is 17.6. The number of rotatable bonds is 7. The Labute approximate surface area is 199 Å². The van der Waals surface area contributed by atoms with Crippen LogP contribution >= 0.6 is 35.3 Å². The van der Waals surface area contributed by atoms with Crippen LogP contribution in [0.15, 0.2) is 40.8 Å². The lowest BCUT2D eigenvalue weighted by Crippen LogP contribution is -2.49. The predicted octanol–water partition coefficient (Wildman–Crippen LogP) is 2.63. The molecular weight excluding hydrogens is 511 g/mol. The average molecular weight is 542 g/mol. The third-order valence-electron chi connectivity index (χ3n) is 5.06. The van der Waals surface area contributed by atoms with Gasteiger partial charge in [0.25, 0.3) is 5.91 Å². The molecule has 1 aromatic carbocycles. The van der Waals surface area contributed by atoms with Gasteiger partial charge in [-0.2, -0.15) is 0 Å². The molecule has 3 N–H and O–H groups in total. The van der Waals surface area contributed by atoms with Crippen molar-refractivity contribution < 1.29 is 4.79 Å². The molecule has 0 atom stereocenters. The monoisotopic (exact) mass is 542 g/mol. The third kappa shape index (κ3) is 7.51. The summed E-state index contributed by atoms with van der Waals surface area (Å²) in [5.41, 5.74) is 3.84. The smallest absolute Gasteiger partial charge is 0.263 e. The first kappa shape index (κ1) is 24.5. The molecule has 0 aliphatic carbocycles. The van der Waals surface area contributed by atoms with E-state index in [1.165, 1.54) is 16.9 Å². The molecule has 2 aromatic rings. The van der Waals surface area contributed by atoms with Crippen LogP contribution in [0.1, 0.15) is 33.8 Å². The molecule has 1 aliphatic rings. The SMILES string of the molecule is CN=C(NCCNC(=O)c1scnc1C)NC1CCN(Cc2ccccc2)CC1.I. The van der Waals surface area contributed by atoms with Crippen molar-refractivity contribution in [2.45, 2.75) is 32.4 Å². The molecule has 1 aliphatic heterocycles. The minimum atomic E-state index is -0.0689. The summed E-state index contributed by atoms with van der Waals surface area (Å²) in [6.45, 7) is 6.17. The largest absolute Gasteiger partial charge is 0.355 e. The van der Waals surface area contributed by atoms with E-state index in [2.05, 4.69) is 61.2 Å². The quantitative estimate of drug-likeness (QED) is 0.217. The van der Waals surface area contributed by atoms with Gasteiger partial charge in [-0.1, -0.05) is 30.3 Å². The molecule has 0 bridgehead atoms. The predicted molar refractivity (Wildman–Crippen MR) is 134 cm³/mol. The van der Waals surface area contributed by atoms with Gasteiger partial charge in [0.1, 0.15) is 4.88 Å². The van der Waals surface area contributed by atoms with Crippen molar-refractivity contribution in [2.24, 2.45) is 4.99 Å². The summed E-state index contributed by atoms with van der Waals surface area (Å²) in [4.78, 5) is 23.7. The number of aromatic nitrogens is 1. The summed E-state index contributed by atoms with van der Waals surface area (Å²) in [5.74, 6) is 0.718. The minimum Gasteiger partial charge on any atom is -0.355 e. The molecule has 164 valence electrons. The lowest BCUT2D eigenvalue weighted by molar-refractivity contribution is 0.0957. The highest BCUT2D eigenvalue weighted by Gasteiger charge is 2.20. The molecule has 0 radical (unpaired) electrons. The van der Waals surface area contributed by atoms with Crippen LogP contribution in [0.25, 0.3) is 0 Å². The van der Waals surface area contributed by atoms with Crippen LogP contribution in [-0.4, -0.2) is 61.0 Å². The van der Waals surface area contributed by atoms with Crippen LogP contribution < -0.4 is 16.0 Å².